The van der Waals surface area contributed by atoms with E-state index in [9.17, 15) is 14.9 Å². The van der Waals surface area contributed by atoms with E-state index in [4.69, 9.17) is 4.74 Å². The van der Waals surface area contributed by atoms with E-state index in [1.165, 1.54) is 11.8 Å². The Balaban J connectivity index is 1.58. The largest absolute Gasteiger partial charge is 0.457 e. The summed E-state index contributed by atoms with van der Waals surface area (Å²) in [5.41, 5.74) is 1.53. The van der Waals surface area contributed by atoms with Gasteiger partial charge in [-0.25, -0.2) is 0 Å². The molecule has 1 N–H and O–H groups in total. The molecule has 0 unspecified atom stereocenters. The van der Waals surface area contributed by atoms with Crippen LogP contribution in [0.1, 0.15) is 18.9 Å². The van der Waals surface area contributed by atoms with Gasteiger partial charge >= 0.3 is 0 Å². The number of nitrogens with zero attached hydrogens (tertiary/aromatic N) is 2. The molecule has 0 bridgehead atoms. The Morgan fingerprint density at radius 3 is 2.23 bits per heavy atom. The molecule has 0 saturated carbocycles. The minimum absolute atomic E-state index is 0.0988. The number of nitrogens with one attached hydrogen (secondary N) is 1. The third-order valence-electron chi connectivity index (χ3n) is 4.37. The van der Waals surface area contributed by atoms with Gasteiger partial charge in [0.25, 0.3) is 0 Å². The number of hydrogen-bond donors (Lipinski definition) is 1. The summed E-state index contributed by atoms with van der Waals surface area (Å²) in [5, 5.41) is 12.1. The Kier molecular flexibility index (Phi) is 6.80. The van der Waals surface area contributed by atoms with Crippen molar-refractivity contribution in [2.45, 2.75) is 13.3 Å². The number of ether oxygens (including phenoxy) is 1. The van der Waals surface area contributed by atoms with Gasteiger partial charge in [-0.15, -0.1) is 0 Å². The second-order valence-electron chi connectivity index (χ2n) is 6.54. The Hall–Kier alpha value is -4.11. The first-order valence-corrected chi connectivity index (χ1v) is 9.47. The third kappa shape index (κ3) is 5.46. The Morgan fingerprint density at radius 1 is 0.933 bits per heavy atom. The van der Waals surface area contributed by atoms with Crippen molar-refractivity contribution in [3.8, 4) is 17.6 Å². The normalized spacial score (nSPS) is 10.0. The Morgan fingerprint density at radius 2 is 1.57 bits per heavy atom. The minimum atomic E-state index is -0.229. The molecule has 2 amide bonds. The number of nitriles is 1. The first-order valence-electron chi connectivity index (χ1n) is 9.47. The summed E-state index contributed by atoms with van der Waals surface area (Å²) in [5.74, 6) is 0.937. The topological polar surface area (TPSA) is 82.4 Å². The van der Waals surface area contributed by atoms with Crippen LogP contribution in [0.5, 0.6) is 11.5 Å². The zero-order chi connectivity index (χ0) is 21.3. The van der Waals surface area contributed by atoms with Crippen molar-refractivity contribution >= 4 is 23.2 Å². The average Bonchev–Trinajstić information content (AvgIpc) is 2.76. The van der Waals surface area contributed by atoms with Crippen molar-refractivity contribution in [2.24, 2.45) is 0 Å². The molecule has 3 rings (SSSR count). The summed E-state index contributed by atoms with van der Waals surface area (Å²) in [6.07, 6.45) is 0.0988. The van der Waals surface area contributed by atoms with E-state index < -0.39 is 0 Å². The summed E-state index contributed by atoms with van der Waals surface area (Å²) < 4.78 is 5.73. The van der Waals surface area contributed by atoms with Crippen molar-refractivity contribution in [3.63, 3.8) is 0 Å². The SMILES string of the molecule is CC(=O)N(CCC(=O)Nc1ccc(Oc2ccccc2)cc1)c1ccccc1C#N. The fourth-order valence-corrected chi connectivity index (χ4v) is 2.92. The first-order chi connectivity index (χ1) is 14.6. The number of rotatable bonds is 7. The van der Waals surface area contributed by atoms with E-state index in [0.29, 0.717) is 22.7 Å². The molecule has 0 aromatic heterocycles. The Labute approximate surface area is 175 Å². The monoisotopic (exact) mass is 399 g/mol. The van der Waals surface area contributed by atoms with Crippen LogP contribution in [0.15, 0.2) is 78.9 Å². The van der Waals surface area contributed by atoms with Crippen LogP contribution in [0, 0.1) is 11.3 Å². The number of benzene rings is 3. The highest BCUT2D eigenvalue weighted by atomic mass is 16.5. The highest BCUT2D eigenvalue weighted by Crippen LogP contribution is 2.23. The number of hydrogen-bond acceptors (Lipinski definition) is 4. The lowest BCUT2D eigenvalue weighted by atomic mass is 10.1. The smallest absolute Gasteiger partial charge is 0.226 e. The van der Waals surface area contributed by atoms with Crippen molar-refractivity contribution in [2.75, 3.05) is 16.8 Å². The lowest BCUT2D eigenvalue weighted by molar-refractivity contribution is -0.117. The molecule has 150 valence electrons. The van der Waals surface area contributed by atoms with E-state index in [1.807, 2.05) is 30.3 Å². The molecule has 3 aromatic rings. The summed E-state index contributed by atoms with van der Waals surface area (Å²) in [7, 11) is 0. The lowest BCUT2D eigenvalue weighted by Gasteiger charge is -2.22. The Bertz CT molecular complexity index is 1060. The number of anilines is 2. The molecule has 0 heterocycles. The van der Waals surface area contributed by atoms with Crippen molar-refractivity contribution in [1.82, 2.24) is 0 Å². The van der Waals surface area contributed by atoms with E-state index in [0.717, 1.165) is 5.75 Å². The van der Waals surface area contributed by atoms with Gasteiger partial charge in [-0.3, -0.25) is 9.59 Å². The van der Waals surface area contributed by atoms with Crippen LogP contribution in [-0.4, -0.2) is 18.4 Å². The molecule has 0 spiro atoms. The summed E-state index contributed by atoms with van der Waals surface area (Å²) in [6.45, 7) is 1.59. The van der Waals surface area contributed by atoms with Crippen LogP contribution in [-0.2, 0) is 9.59 Å². The van der Waals surface area contributed by atoms with Gasteiger partial charge in [0.1, 0.15) is 17.6 Å². The summed E-state index contributed by atoms with van der Waals surface area (Å²) >= 11 is 0. The zero-order valence-corrected chi connectivity index (χ0v) is 16.5. The lowest BCUT2D eigenvalue weighted by Crippen LogP contribution is -2.32. The van der Waals surface area contributed by atoms with Crippen LogP contribution in [0.25, 0.3) is 0 Å². The maximum absolute atomic E-state index is 12.4. The molecule has 6 heteroatoms. The standard InChI is InChI=1S/C24H21N3O3/c1-18(28)27(23-10-6-5-7-19(23)17-25)16-15-24(29)26-20-11-13-22(14-12-20)30-21-8-3-2-4-9-21/h2-14H,15-16H2,1H3,(H,26,29). The van der Waals surface area contributed by atoms with Gasteiger partial charge in [0.05, 0.1) is 11.3 Å². The molecular weight excluding hydrogens is 378 g/mol. The third-order valence-corrected chi connectivity index (χ3v) is 4.37. The van der Waals surface area contributed by atoms with Crippen LogP contribution in [0.4, 0.5) is 11.4 Å². The summed E-state index contributed by atoms with van der Waals surface area (Å²) in [6, 6.07) is 25.4. The molecule has 30 heavy (non-hydrogen) atoms. The predicted octanol–water partition coefficient (Wildman–Crippen LogP) is 4.73. The summed E-state index contributed by atoms with van der Waals surface area (Å²) in [4.78, 5) is 25.8. The number of para-hydroxylation sites is 2. The van der Waals surface area contributed by atoms with Gasteiger partial charge in [-0.2, -0.15) is 5.26 Å². The van der Waals surface area contributed by atoms with Crippen LogP contribution >= 0.6 is 0 Å². The van der Waals surface area contributed by atoms with Crippen LogP contribution in [0.3, 0.4) is 0 Å². The van der Waals surface area contributed by atoms with Gasteiger partial charge in [0, 0.05) is 25.6 Å². The fraction of sp³-hybridized carbons (Fsp3) is 0.125. The van der Waals surface area contributed by atoms with Crippen molar-refractivity contribution in [3.05, 3.63) is 84.4 Å². The van der Waals surface area contributed by atoms with Gasteiger partial charge in [0.15, 0.2) is 0 Å². The zero-order valence-electron chi connectivity index (χ0n) is 16.5. The molecule has 3 aromatic carbocycles. The van der Waals surface area contributed by atoms with Gasteiger partial charge < -0.3 is 15.0 Å². The number of carbonyl (C=O) groups excluding carboxylic acids is 2. The van der Waals surface area contributed by atoms with Gasteiger partial charge in [-0.1, -0.05) is 30.3 Å². The predicted molar refractivity (Wildman–Crippen MR) is 115 cm³/mol. The van der Waals surface area contributed by atoms with E-state index in [1.54, 1.807) is 48.5 Å². The highest BCUT2D eigenvalue weighted by molar-refractivity contribution is 5.95. The van der Waals surface area contributed by atoms with E-state index >= 15 is 0 Å². The van der Waals surface area contributed by atoms with Crippen LogP contribution in [0.2, 0.25) is 0 Å². The van der Waals surface area contributed by atoms with Crippen LogP contribution < -0.4 is 15.0 Å². The molecular formula is C24H21N3O3. The molecule has 0 aliphatic rings. The molecule has 0 atom stereocenters. The number of amides is 2. The molecule has 0 radical (unpaired) electrons. The molecule has 0 saturated heterocycles. The second-order valence-corrected chi connectivity index (χ2v) is 6.54. The van der Waals surface area contributed by atoms with E-state index in [-0.39, 0.29) is 24.8 Å². The minimum Gasteiger partial charge on any atom is -0.457 e. The fourth-order valence-electron chi connectivity index (χ4n) is 2.92. The molecule has 0 fully saturated rings. The van der Waals surface area contributed by atoms with Gasteiger partial charge in [0.2, 0.25) is 11.8 Å². The second kappa shape index (κ2) is 9.89. The van der Waals surface area contributed by atoms with E-state index in [2.05, 4.69) is 11.4 Å². The molecule has 0 aliphatic carbocycles. The number of carbonyl (C=O) groups is 2. The first kappa shape index (κ1) is 20.6. The maximum Gasteiger partial charge on any atom is 0.226 e. The molecule has 0 aliphatic heterocycles. The quantitative estimate of drug-likeness (QED) is 0.622. The highest BCUT2D eigenvalue weighted by Gasteiger charge is 2.16. The van der Waals surface area contributed by atoms with Crippen molar-refractivity contribution < 1.29 is 14.3 Å². The molecule has 6 nitrogen and oxygen atoms in total. The maximum atomic E-state index is 12.4. The average molecular weight is 399 g/mol. The van der Waals surface area contributed by atoms with Gasteiger partial charge in [-0.05, 0) is 48.5 Å². The van der Waals surface area contributed by atoms with Crippen molar-refractivity contribution in [1.29, 1.82) is 5.26 Å².